The number of piperidine rings is 1. The molecule has 3 heterocycles. The zero-order valence-corrected chi connectivity index (χ0v) is 22.7. The van der Waals surface area contributed by atoms with E-state index in [1.165, 1.54) is 16.3 Å². The molecule has 1 aromatic heterocycles. The molecule has 1 unspecified atom stereocenters. The minimum atomic E-state index is -0.415. The number of nitrogens with zero attached hydrogens (tertiary/aromatic N) is 4. The fourth-order valence-corrected chi connectivity index (χ4v) is 5.99. The maximum atomic E-state index is 13.4. The first-order chi connectivity index (χ1) is 17.8. The van der Waals surface area contributed by atoms with Crippen LogP contribution in [0.4, 0.5) is 5.82 Å². The largest absolute Gasteiger partial charge is 0.466 e. The number of thioether (sulfide) groups is 1. The van der Waals surface area contributed by atoms with Gasteiger partial charge in [-0.05, 0) is 43.9 Å². The van der Waals surface area contributed by atoms with Crippen LogP contribution in [-0.2, 0) is 27.9 Å². The van der Waals surface area contributed by atoms with E-state index in [9.17, 15) is 19.6 Å². The van der Waals surface area contributed by atoms with E-state index in [0.717, 1.165) is 12.0 Å². The molecule has 0 aliphatic carbocycles. The molecule has 0 bridgehead atoms. The minimum absolute atomic E-state index is 0.0243. The number of esters is 1. The summed E-state index contributed by atoms with van der Waals surface area (Å²) in [7, 11) is 1.61. The van der Waals surface area contributed by atoms with Crippen LogP contribution in [0.2, 0.25) is 0 Å². The number of hydrogen-bond donors (Lipinski definition) is 0. The molecular formula is C27H28N4O4S2. The molecule has 0 saturated carbocycles. The molecule has 1 amide bonds. The van der Waals surface area contributed by atoms with Gasteiger partial charge in [0, 0.05) is 25.7 Å². The molecule has 0 radical (unpaired) electrons. The summed E-state index contributed by atoms with van der Waals surface area (Å²) in [5.41, 5.74) is 1.66. The maximum Gasteiger partial charge on any atom is 0.310 e. The quantitative estimate of drug-likeness (QED) is 0.313. The second-order valence-corrected chi connectivity index (χ2v) is 10.7. The van der Waals surface area contributed by atoms with Crippen LogP contribution in [0.3, 0.4) is 0 Å². The average molecular weight is 537 g/mol. The third kappa shape index (κ3) is 5.33. The molecule has 37 heavy (non-hydrogen) atoms. The van der Waals surface area contributed by atoms with Crippen LogP contribution in [0, 0.1) is 24.2 Å². The summed E-state index contributed by atoms with van der Waals surface area (Å²) in [6.07, 6.45) is 3.17. The van der Waals surface area contributed by atoms with Crippen molar-refractivity contribution in [1.29, 1.82) is 5.26 Å². The van der Waals surface area contributed by atoms with E-state index in [1.807, 2.05) is 41.3 Å². The third-order valence-corrected chi connectivity index (χ3v) is 8.02. The Kier molecular flexibility index (Phi) is 8.15. The van der Waals surface area contributed by atoms with Gasteiger partial charge in [-0.15, -0.1) is 0 Å². The summed E-state index contributed by atoms with van der Waals surface area (Å²) < 4.78 is 7.14. The molecule has 2 aliphatic heterocycles. The molecule has 0 N–H and O–H groups in total. The van der Waals surface area contributed by atoms with Crippen LogP contribution in [-0.4, -0.2) is 45.4 Å². The molecule has 2 aliphatic rings. The van der Waals surface area contributed by atoms with E-state index in [2.05, 4.69) is 0 Å². The molecule has 192 valence electrons. The second kappa shape index (κ2) is 11.3. The standard InChI is InChI=1S/C27H28N4O4S2/c1-4-35-26(34)19-11-8-12-30(16-19)23-20(17(2)21(14-28)24(32)29(23)3)13-22-25(33)31(27(36)37-22)15-18-9-6-5-7-10-18/h5-7,9-10,13,19H,4,8,11-12,15-16H2,1-3H3. The molecule has 1 aromatic carbocycles. The van der Waals surface area contributed by atoms with Crippen molar-refractivity contribution in [2.75, 3.05) is 24.6 Å². The Morgan fingerprint density at radius 1 is 1.30 bits per heavy atom. The monoisotopic (exact) mass is 536 g/mol. The van der Waals surface area contributed by atoms with Gasteiger partial charge in [-0.1, -0.05) is 54.3 Å². The molecule has 2 fully saturated rings. The lowest BCUT2D eigenvalue weighted by Gasteiger charge is -2.35. The first-order valence-corrected chi connectivity index (χ1v) is 13.3. The van der Waals surface area contributed by atoms with Crippen molar-refractivity contribution in [2.24, 2.45) is 13.0 Å². The fraction of sp³-hybridized carbons (Fsp3) is 0.370. The van der Waals surface area contributed by atoms with Crippen molar-refractivity contribution in [3.8, 4) is 6.07 Å². The Hall–Kier alpha value is -3.42. The molecule has 2 saturated heterocycles. The van der Waals surface area contributed by atoms with Crippen LogP contribution in [0.1, 0.15) is 42.0 Å². The highest BCUT2D eigenvalue weighted by Gasteiger charge is 2.34. The number of anilines is 1. The summed E-state index contributed by atoms with van der Waals surface area (Å²) in [6, 6.07) is 11.6. The maximum absolute atomic E-state index is 13.4. The molecule has 0 spiro atoms. The molecule has 4 rings (SSSR count). The first-order valence-electron chi connectivity index (χ1n) is 12.1. The van der Waals surface area contributed by atoms with Crippen LogP contribution in [0.15, 0.2) is 40.0 Å². The van der Waals surface area contributed by atoms with Crippen LogP contribution >= 0.6 is 24.0 Å². The number of carbonyl (C=O) groups is 2. The Labute approximate surface area is 225 Å². The van der Waals surface area contributed by atoms with E-state index < -0.39 is 5.56 Å². The SMILES string of the molecule is CCOC(=O)C1CCCN(c2c(C=C3SC(=S)N(Cc4ccccc4)C3=O)c(C)c(C#N)c(=O)n2C)C1. The Morgan fingerprint density at radius 2 is 2.03 bits per heavy atom. The van der Waals surface area contributed by atoms with Crippen molar-refractivity contribution in [3.63, 3.8) is 0 Å². The van der Waals surface area contributed by atoms with Gasteiger partial charge in [0.2, 0.25) is 0 Å². The van der Waals surface area contributed by atoms with Crippen LogP contribution in [0.25, 0.3) is 6.08 Å². The number of ether oxygens (including phenoxy) is 1. The highest BCUT2D eigenvalue weighted by molar-refractivity contribution is 8.26. The number of rotatable bonds is 6. The molecule has 2 aromatic rings. The predicted octanol–water partition coefficient (Wildman–Crippen LogP) is 3.75. The number of hydrogen-bond acceptors (Lipinski definition) is 8. The van der Waals surface area contributed by atoms with E-state index in [4.69, 9.17) is 17.0 Å². The normalized spacial score (nSPS) is 18.9. The van der Waals surface area contributed by atoms with Gasteiger partial charge in [0.05, 0.1) is 24.0 Å². The third-order valence-electron chi connectivity index (χ3n) is 6.64. The highest BCUT2D eigenvalue weighted by Crippen LogP contribution is 2.37. The number of thiocarbonyl (C=S) groups is 1. The van der Waals surface area contributed by atoms with Crippen molar-refractivity contribution < 1.29 is 14.3 Å². The van der Waals surface area contributed by atoms with Gasteiger partial charge in [0.1, 0.15) is 21.8 Å². The number of amides is 1. The number of carbonyl (C=O) groups excluding carboxylic acids is 2. The first kappa shape index (κ1) is 26.6. The summed E-state index contributed by atoms with van der Waals surface area (Å²) in [6.45, 7) is 5.17. The lowest BCUT2D eigenvalue weighted by molar-refractivity contribution is -0.148. The Balaban J connectivity index is 1.76. The van der Waals surface area contributed by atoms with E-state index in [1.54, 1.807) is 31.9 Å². The molecular weight excluding hydrogens is 508 g/mol. The minimum Gasteiger partial charge on any atom is -0.466 e. The van der Waals surface area contributed by atoms with Gasteiger partial charge in [0.25, 0.3) is 11.5 Å². The van der Waals surface area contributed by atoms with Crippen molar-refractivity contribution in [3.05, 3.63) is 67.8 Å². The Bertz CT molecular complexity index is 1380. The second-order valence-electron chi connectivity index (χ2n) is 9.00. The lowest BCUT2D eigenvalue weighted by Crippen LogP contribution is -2.42. The number of aromatic nitrogens is 1. The highest BCUT2D eigenvalue weighted by atomic mass is 32.2. The zero-order chi connectivity index (χ0) is 26.7. The van der Waals surface area contributed by atoms with Crippen LogP contribution in [0.5, 0.6) is 0 Å². The number of pyridine rings is 1. The topological polar surface area (TPSA) is 95.6 Å². The van der Waals surface area contributed by atoms with Gasteiger partial charge < -0.3 is 9.64 Å². The summed E-state index contributed by atoms with van der Waals surface area (Å²) in [4.78, 5) is 42.9. The van der Waals surface area contributed by atoms with E-state index in [0.29, 0.717) is 58.8 Å². The zero-order valence-electron chi connectivity index (χ0n) is 21.0. The number of nitriles is 1. The molecule has 10 heteroatoms. The average Bonchev–Trinajstić information content (AvgIpc) is 3.16. The predicted molar refractivity (Wildman–Crippen MR) is 148 cm³/mol. The Morgan fingerprint density at radius 3 is 2.70 bits per heavy atom. The van der Waals surface area contributed by atoms with Gasteiger partial charge >= 0.3 is 5.97 Å². The van der Waals surface area contributed by atoms with Crippen LogP contribution < -0.4 is 10.5 Å². The van der Waals surface area contributed by atoms with Gasteiger partial charge in [-0.25, -0.2) is 0 Å². The smallest absolute Gasteiger partial charge is 0.310 e. The van der Waals surface area contributed by atoms with E-state index in [-0.39, 0.29) is 23.4 Å². The van der Waals surface area contributed by atoms with Gasteiger partial charge in [-0.2, -0.15) is 5.26 Å². The fourth-order valence-electron chi connectivity index (χ4n) is 4.75. The van der Waals surface area contributed by atoms with E-state index >= 15 is 0 Å². The van der Waals surface area contributed by atoms with Crippen molar-refractivity contribution in [1.82, 2.24) is 9.47 Å². The summed E-state index contributed by atoms with van der Waals surface area (Å²) in [5.74, 6) is -0.231. The summed E-state index contributed by atoms with van der Waals surface area (Å²) in [5, 5.41) is 9.72. The number of benzene rings is 1. The van der Waals surface area contributed by atoms with Crippen molar-refractivity contribution >= 4 is 52.1 Å². The van der Waals surface area contributed by atoms with Crippen molar-refractivity contribution in [2.45, 2.75) is 33.2 Å². The summed E-state index contributed by atoms with van der Waals surface area (Å²) >= 11 is 6.72. The molecule has 1 atom stereocenters. The van der Waals surface area contributed by atoms with Gasteiger partial charge in [-0.3, -0.25) is 23.9 Å². The molecule has 8 nitrogen and oxygen atoms in total. The van der Waals surface area contributed by atoms with Gasteiger partial charge in [0.15, 0.2) is 0 Å². The lowest BCUT2D eigenvalue weighted by atomic mass is 9.96.